The average Bonchev–Trinajstić information content (AvgIpc) is 2.38. The summed E-state index contributed by atoms with van der Waals surface area (Å²) in [6.07, 6.45) is 0.0505. The third-order valence-electron chi connectivity index (χ3n) is 3.34. The van der Waals surface area contributed by atoms with Gasteiger partial charge >= 0.3 is 0 Å². The van der Waals surface area contributed by atoms with Crippen molar-refractivity contribution in [2.24, 2.45) is 0 Å². The number of alkyl halides is 2. The van der Waals surface area contributed by atoms with Gasteiger partial charge in [0.25, 0.3) is 5.92 Å². The summed E-state index contributed by atoms with van der Waals surface area (Å²) in [4.78, 5) is 0. The lowest BCUT2D eigenvalue weighted by atomic mass is 10.0. The van der Waals surface area contributed by atoms with Crippen molar-refractivity contribution in [1.29, 1.82) is 0 Å². The van der Waals surface area contributed by atoms with Crippen molar-refractivity contribution in [1.82, 2.24) is 8.72 Å². The minimum Gasteiger partial charge on any atom is -0.213 e. The number of hydrogen-bond acceptors (Lipinski definition) is 3. The van der Waals surface area contributed by atoms with Gasteiger partial charge in [-0.2, -0.15) is 4.31 Å². The average molecular weight is 289 g/mol. The molecule has 0 spiro atoms. The van der Waals surface area contributed by atoms with E-state index in [1.54, 1.807) is 6.92 Å². The van der Waals surface area contributed by atoms with E-state index in [1.165, 1.54) is 4.31 Å². The van der Waals surface area contributed by atoms with Gasteiger partial charge in [-0.25, -0.2) is 21.6 Å². The molecule has 0 radical (unpaired) electrons. The second kappa shape index (κ2) is 4.29. The van der Waals surface area contributed by atoms with Crippen LogP contribution in [0.5, 0.6) is 0 Å². The van der Waals surface area contributed by atoms with Crippen LogP contribution in [0.15, 0.2) is 0 Å². The Labute approximate surface area is 105 Å². The molecule has 0 bridgehead atoms. The van der Waals surface area contributed by atoms with Gasteiger partial charge in [0.15, 0.2) is 0 Å². The summed E-state index contributed by atoms with van der Waals surface area (Å²) in [6.45, 7) is 1.56. The van der Waals surface area contributed by atoms with Gasteiger partial charge in [0.1, 0.15) is 0 Å². The number of piperidine rings is 1. The highest BCUT2D eigenvalue weighted by Crippen LogP contribution is 2.34. The normalized spacial score (nSPS) is 38.4. The Bertz CT molecular complexity index is 404. The van der Waals surface area contributed by atoms with E-state index in [-0.39, 0.29) is 6.54 Å². The molecule has 0 unspecified atom stereocenters. The zero-order valence-corrected chi connectivity index (χ0v) is 11.0. The van der Waals surface area contributed by atoms with Gasteiger partial charge in [0.05, 0.1) is 11.8 Å². The van der Waals surface area contributed by atoms with Crippen LogP contribution in [0.2, 0.25) is 0 Å². The molecule has 17 heavy (non-hydrogen) atoms. The molecule has 0 saturated carbocycles. The molecule has 0 aromatic carbocycles. The predicted octanol–water partition coefficient (Wildman–Crippen LogP) is 1.27. The predicted molar refractivity (Wildman–Crippen MR) is 60.5 cm³/mol. The summed E-state index contributed by atoms with van der Waals surface area (Å²) < 4.78 is 52.8. The molecule has 0 aliphatic carbocycles. The van der Waals surface area contributed by atoms with Crippen LogP contribution in [-0.4, -0.2) is 54.0 Å². The molecule has 2 fully saturated rings. The van der Waals surface area contributed by atoms with Crippen LogP contribution in [0.3, 0.4) is 0 Å². The van der Waals surface area contributed by atoms with E-state index in [1.807, 2.05) is 0 Å². The molecular weight excluding hydrogens is 274 g/mol. The van der Waals surface area contributed by atoms with Crippen molar-refractivity contribution < 1.29 is 17.2 Å². The van der Waals surface area contributed by atoms with Gasteiger partial charge in [0, 0.05) is 25.6 Å². The maximum Gasteiger partial charge on any atom is 0.263 e. The SMILES string of the molecule is C[C@@H]1CCN([C@H]2CN(Cl)CC(F)(F)C2)S1(=O)=O. The van der Waals surface area contributed by atoms with E-state index in [0.29, 0.717) is 13.0 Å². The van der Waals surface area contributed by atoms with Crippen molar-refractivity contribution >= 4 is 21.8 Å². The Balaban J connectivity index is 2.18. The molecule has 2 heterocycles. The Morgan fingerprint density at radius 3 is 2.53 bits per heavy atom. The minimum absolute atomic E-state index is 0.156. The fourth-order valence-corrected chi connectivity index (χ4v) is 4.53. The third kappa shape index (κ3) is 2.57. The van der Waals surface area contributed by atoms with Gasteiger partial charge in [-0.05, 0) is 25.1 Å². The van der Waals surface area contributed by atoms with Gasteiger partial charge < -0.3 is 0 Å². The monoisotopic (exact) mass is 288 g/mol. The maximum atomic E-state index is 13.4. The summed E-state index contributed by atoms with van der Waals surface area (Å²) in [5.74, 6) is -2.92. The third-order valence-corrected chi connectivity index (χ3v) is 5.99. The fraction of sp³-hybridized carbons (Fsp3) is 1.00. The molecule has 2 aliphatic rings. The van der Waals surface area contributed by atoms with Crippen LogP contribution < -0.4 is 0 Å². The van der Waals surface area contributed by atoms with Crippen LogP contribution in [-0.2, 0) is 10.0 Å². The summed E-state index contributed by atoms with van der Waals surface area (Å²) in [7, 11) is -3.42. The largest absolute Gasteiger partial charge is 0.263 e. The molecule has 2 aliphatic heterocycles. The number of hydrogen-bond donors (Lipinski definition) is 0. The Hall–Kier alpha value is 0.0200. The molecule has 2 atom stereocenters. The lowest BCUT2D eigenvalue weighted by Gasteiger charge is -2.37. The summed E-state index contributed by atoms with van der Waals surface area (Å²) in [6, 6.07) is -0.716. The molecule has 2 rings (SSSR count). The van der Waals surface area contributed by atoms with Crippen LogP contribution in [0.25, 0.3) is 0 Å². The molecule has 8 heteroatoms. The van der Waals surface area contributed by atoms with Crippen molar-refractivity contribution in [3.8, 4) is 0 Å². The van der Waals surface area contributed by atoms with Gasteiger partial charge in [-0.1, -0.05) is 0 Å². The Morgan fingerprint density at radius 1 is 1.41 bits per heavy atom. The van der Waals surface area contributed by atoms with Crippen molar-refractivity contribution in [3.05, 3.63) is 0 Å². The van der Waals surface area contributed by atoms with Crippen LogP contribution in [0.4, 0.5) is 8.78 Å². The second-order valence-electron chi connectivity index (χ2n) is 4.77. The molecule has 0 aromatic heterocycles. The number of rotatable bonds is 1. The van der Waals surface area contributed by atoms with Crippen LogP contribution in [0, 0.1) is 0 Å². The van der Waals surface area contributed by atoms with Crippen molar-refractivity contribution in [2.45, 2.75) is 37.0 Å². The summed E-state index contributed by atoms with van der Waals surface area (Å²) in [5, 5.41) is -0.484. The van der Waals surface area contributed by atoms with E-state index in [0.717, 1.165) is 4.42 Å². The molecule has 0 amide bonds. The second-order valence-corrected chi connectivity index (χ2v) is 7.55. The van der Waals surface area contributed by atoms with E-state index in [4.69, 9.17) is 11.8 Å². The quantitative estimate of drug-likeness (QED) is 0.683. The molecule has 4 nitrogen and oxygen atoms in total. The lowest BCUT2D eigenvalue weighted by molar-refractivity contribution is -0.0630. The van der Waals surface area contributed by atoms with Crippen LogP contribution >= 0.6 is 11.8 Å². The van der Waals surface area contributed by atoms with Gasteiger partial charge in [-0.3, -0.25) is 0 Å². The summed E-state index contributed by atoms with van der Waals surface area (Å²) in [5.41, 5.74) is 0. The first-order chi connectivity index (χ1) is 7.72. The zero-order valence-electron chi connectivity index (χ0n) is 9.44. The van der Waals surface area contributed by atoms with Crippen molar-refractivity contribution in [2.75, 3.05) is 19.6 Å². The Kier molecular flexibility index (Phi) is 3.40. The first-order valence-electron chi connectivity index (χ1n) is 5.51. The first kappa shape index (κ1) is 13.5. The Morgan fingerprint density at radius 2 is 2.06 bits per heavy atom. The zero-order chi connectivity index (χ0) is 12.8. The first-order valence-corrected chi connectivity index (χ1v) is 7.36. The van der Waals surface area contributed by atoms with Gasteiger partial charge in [0.2, 0.25) is 10.0 Å². The van der Waals surface area contributed by atoms with Crippen LogP contribution in [0.1, 0.15) is 19.8 Å². The van der Waals surface area contributed by atoms with Gasteiger partial charge in [-0.15, -0.1) is 0 Å². The van der Waals surface area contributed by atoms with Crippen molar-refractivity contribution in [3.63, 3.8) is 0 Å². The molecule has 0 N–H and O–H groups in total. The standard InChI is InChI=1S/C9H15ClF2N2O2S/c1-7-2-3-14(17(7,15)16)8-4-9(11,12)6-13(10)5-8/h7-8H,2-6H2,1H3/t7-,8-/m1/s1. The highest BCUT2D eigenvalue weighted by molar-refractivity contribution is 7.90. The summed E-state index contributed by atoms with van der Waals surface area (Å²) >= 11 is 5.64. The minimum atomic E-state index is -3.42. The highest BCUT2D eigenvalue weighted by Gasteiger charge is 2.47. The van der Waals surface area contributed by atoms with E-state index < -0.39 is 40.2 Å². The van der Waals surface area contributed by atoms with E-state index >= 15 is 0 Å². The number of halogens is 3. The lowest BCUT2D eigenvalue weighted by Crippen LogP contribution is -2.53. The molecule has 0 aromatic rings. The molecule has 2 saturated heterocycles. The number of sulfonamides is 1. The molecular formula is C9H15ClF2N2O2S. The molecule has 100 valence electrons. The fourth-order valence-electron chi connectivity index (χ4n) is 2.42. The van der Waals surface area contributed by atoms with E-state index in [9.17, 15) is 17.2 Å². The smallest absolute Gasteiger partial charge is 0.213 e. The number of nitrogens with zero attached hydrogens (tertiary/aromatic N) is 2. The van der Waals surface area contributed by atoms with E-state index in [2.05, 4.69) is 0 Å². The maximum absolute atomic E-state index is 13.4. The highest BCUT2D eigenvalue weighted by atomic mass is 35.5. The topological polar surface area (TPSA) is 40.6 Å².